The van der Waals surface area contributed by atoms with Crippen LogP contribution in [0.3, 0.4) is 0 Å². The highest BCUT2D eigenvalue weighted by Crippen LogP contribution is 2.11. The summed E-state index contributed by atoms with van der Waals surface area (Å²) in [4.78, 5) is 0. The maximum atomic E-state index is 9.13. The summed E-state index contributed by atoms with van der Waals surface area (Å²) in [5.74, 6) is 0. The van der Waals surface area contributed by atoms with Gasteiger partial charge in [0, 0.05) is 0 Å². The van der Waals surface area contributed by atoms with Gasteiger partial charge < -0.3 is 10.2 Å². The molecule has 0 rings (SSSR count). The van der Waals surface area contributed by atoms with Crippen LogP contribution in [0.5, 0.6) is 0 Å². The second-order valence-corrected chi connectivity index (χ2v) is 6.15. The number of aliphatic hydroxyl groups is 2. The first-order valence-electron chi connectivity index (χ1n) is 7.80. The molecule has 0 aromatic rings. The van der Waals surface area contributed by atoms with E-state index < -0.39 is 16.5 Å². The molecule has 0 aromatic heterocycles. The van der Waals surface area contributed by atoms with E-state index in [1.54, 1.807) is 0 Å². The van der Waals surface area contributed by atoms with Crippen molar-refractivity contribution >= 4 is 10.4 Å². The van der Waals surface area contributed by atoms with Gasteiger partial charge in [0.2, 0.25) is 0 Å². The molecule has 6 nitrogen and oxygen atoms in total. The molecule has 130 valence electrons. The molecule has 0 fully saturated rings. The molecule has 0 saturated carbocycles. The Labute approximate surface area is 129 Å². The zero-order chi connectivity index (χ0) is 16.6. The molecule has 0 bridgehead atoms. The Bertz CT molecular complexity index is 284. The standard InChI is InChI=1S/C14H30O2.H2O4S/c1-2-3-4-5-6-7-8-9-10-11-12-14(16)13-15;1-5(2,3)4/h14-16H,2-13H2,1H3;(H2,1,2,3,4). The minimum Gasteiger partial charge on any atom is -0.394 e. The monoisotopic (exact) mass is 328 g/mol. The lowest BCUT2D eigenvalue weighted by atomic mass is 10.0. The van der Waals surface area contributed by atoms with Gasteiger partial charge in [-0.2, -0.15) is 8.42 Å². The van der Waals surface area contributed by atoms with Crippen LogP contribution in [-0.2, 0) is 10.4 Å². The van der Waals surface area contributed by atoms with Crippen LogP contribution in [0.25, 0.3) is 0 Å². The predicted molar refractivity (Wildman–Crippen MR) is 83.7 cm³/mol. The topological polar surface area (TPSA) is 115 Å². The van der Waals surface area contributed by atoms with Crippen molar-refractivity contribution in [2.24, 2.45) is 0 Å². The van der Waals surface area contributed by atoms with Crippen molar-refractivity contribution in [2.75, 3.05) is 6.61 Å². The molecular weight excluding hydrogens is 296 g/mol. The Morgan fingerprint density at radius 1 is 0.810 bits per heavy atom. The van der Waals surface area contributed by atoms with E-state index in [1.807, 2.05) is 0 Å². The van der Waals surface area contributed by atoms with Crippen LogP contribution in [-0.4, -0.2) is 40.4 Å². The van der Waals surface area contributed by atoms with E-state index in [1.165, 1.54) is 57.8 Å². The smallest absolute Gasteiger partial charge is 0.394 e. The van der Waals surface area contributed by atoms with Crippen LogP contribution in [0.1, 0.15) is 77.6 Å². The second-order valence-electron chi connectivity index (χ2n) is 5.25. The molecule has 0 amide bonds. The first-order chi connectivity index (χ1) is 9.81. The van der Waals surface area contributed by atoms with Gasteiger partial charge in [-0.1, -0.05) is 71.1 Å². The first kappa shape index (κ1) is 23.1. The predicted octanol–water partition coefficient (Wildman–Crippen LogP) is 3.00. The van der Waals surface area contributed by atoms with Gasteiger partial charge in [-0.15, -0.1) is 0 Å². The molecule has 1 unspecified atom stereocenters. The largest absolute Gasteiger partial charge is 0.394 e. The van der Waals surface area contributed by atoms with Gasteiger partial charge in [0.05, 0.1) is 12.7 Å². The number of rotatable bonds is 12. The lowest BCUT2D eigenvalue weighted by Gasteiger charge is -2.06. The van der Waals surface area contributed by atoms with E-state index in [0.29, 0.717) is 0 Å². The lowest BCUT2D eigenvalue weighted by molar-refractivity contribution is 0.0860. The SMILES string of the molecule is CCCCCCCCCCCCC(O)CO.O=S(=O)(O)O. The number of hydrogen-bond acceptors (Lipinski definition) is 4. The fourth-order valence-corrected chi connectivity index (χ4v) is 1.96. The van der Waals surface area contributed by atoms with Crippen LogP contribution in [0.15, 0.2) is 0 Å². The van der Waals surface area contributed by atoms with E-state index >= 15 is 0 Å². The molecule has 0 radical (unpaired) electrons. The zero-order valence-corrected chi connectivity index (χ0v) is 13.9. The second kappa shape index (κ2) is 16.2. The Balaban J connectivity index is 0. The number of hydrogen-bond donors (Lipinski definition) is 4. The van der Waals surface area contributed by atoms with Crippen molar-refractivity contribution in [3.05, 3.63) is 0 Å². The fourth-order valence-electron chi connectivity index (χ4n) is 1.96. The van der Waals surface area contributed by atoms with Crippen molar-refractivity contribution in [1.82, 2.24) is 0 Å². The quantitative estimate of drug-likeness (QED) is 0.323. The van der Waals surface area contributed by atoms with Crippen molar-refractivity contribution in [2.45, 2.75) is 83.7 Å². The third-order valence-corrected chi connectivity index (χ3v) is 3.10. The minimum absolute atomic E-state index is 0.0859. The summed E-state index contributed by atoms with van der Waals surface area (Å²) in [6, 6.07) is 0. The van der Waals surface area contributed by atoms with Gasteiger partial charge in [0.1, 0.15) is 0 Å². The van der Waals surface area contributed by atoms with Gasteiger partial charge in [0.15, 0.2) is 0 Å². The molecule has 0 heterocycles. The zero-order valence-electron chi connectivity index (χ0n) is 13.1. The Morgan fingerprint density at radius 3 is 1.48 bits per heavy atom. The summed E-state index contributed by atoms with van der Waals surface area (Å²) in [6.45, 7) is 2.16. The third-order valence-electron chi connectivity index (χ3n) is 3.10. The summed E-state index contributed by atoms with van der Waals surface area (Å²) in [7, 11) is -4.67. The first-order valence-corrected chi connectivity index (χ1v) is 9.19. The molecule has 0 aliphatic carbocycles. The van der Waals surface area contributed by atoms with Crippen LogP contribution in [0, 0.1) is 0 Å². The fraction of sp³-hybridized carbons (Fsp3) is 1.00. The van der Waals surface area contributed by atoms with E-state index in [4.69, 9.17) is 27.7 Å². The highest BCUT2D eigenvalue weighted by Gasteiger charge is 2.00. The number of unbranched alkanes of at least 4 members (excludes halogenated alkanes) is 9. The summed E-state index contributed by atoms with van der Waals surface area (Å²) >= 11 is 0. The highest BCUT2D eigenvalue weighted by molar-refractivity contribution is 7.79. The van der Waals surface area contributed by atoms with Gasteiger partial charge >= 0.3 is 10.4 Å². The Hall–Kier alpha value is -0.210. The van der Waals surface area contributed by atoms with Crippen molar-refractivity contribution in [3.8, 4) is 0 Å². The summed E-state index contributed by atoms with van der Waals surface area (Å²) in [5.41, 5.74) is 0. The Kier molecular flexibility index (Phi) is 17.8. The summed E-state index contributed by atoms with van der Waals surface area (Å²) < 4.78 is 31.6. The number of aliphatic hydroxyl groups excluding tert-OH is 2. The molecule has 0 aliphatic heterocycles. The minimum atomic E-state index is -4.67. The van der Waals surface area contributed by atoms with Crippen LogP contribution < -0.4 is 0 Å². The molecule has 4 N–H and O–H groups in total. The van der Waals surface area contributed by atoms with Crippen LogP contribution in [0.4, 0.5) is 0 Å². The van der Waals surface area contributed by atoms with Crippen LogP contribution in [0.2, 0.25) is 0 Å². The van der Waals surface area contributed by atoms with E-state index in [0.717, 1.165) is 12.8 Å². The molecule has 21 heavy (non-hydrogen) atoms. The van der Waals surface area contributed by atoms with Gasteiger partial charge in [0.25, 0.3) is 0 Å². The maximum absolute atomic E-state index is 9.13. The average molecular weight is 328 g/mol. The molecule has 0 aliphatic rings. The lowest BCUT2D eigenvalue weighted by Crippen LogP contribution is -2.10. The molecule has 0 aromatic carbocycles. The molecular formula is C14H32O6S. The summed E-state index contributed by atoms with van der Waals surface area (Å²) in [5, 5.41) is 17.8. The molecule has 0 saturated heterocycles. The summed E-state index contributed by atoms with van der Waals surface area (Å²) in [6.07, 6.45) is 13.4. The van der Waals surface area contributed by atoms with Gasteiger partial charge in [-0.25, -0.2) is 0 Å². The van der Waals surface area contributed by atoms with E-state index in [2.05, 4.69) is 6.92 Å². The maximum Gasteiger partial charge on any atom is 0.394 e. The van der Waals surface area contributed by atoms with Gasteiger partial charge in [-0.3, -0.25) is 9.11 Å². The van der Waals surface area contributed by atoms with Crippen molar-refractivity contribution in [1.29, 1.82) is 0 Å². The van der Waals surface area contributed by atoms with Crippen molar-refractivity contribution in [3.63, 3.8) is 0 Å². The van der Waals surface area contributed by atoms with E-state index in [-0.39, 0.29) is 6.61 Å². The normalized spacial score (nSPS) is 12.6. The van der Waals surface area contributed by atoms with Gasteiger partial charge in [-0.05, 0) is 6.42 Å². The van der Waals surface area contributed by atoms with Crippen molar-refractivity contribution < 1.29 is 27.7 Å². The van der Waals surface area contributed by atoms with E-state index in [9.17, 15) is 0 Å². The average Bonchev–Trinajstić information content (AvgIpc) is 2.38. The Morgan fingerprint density at radius 2 is 1.14 bits per heavy atom. The highest BCUT2D eigenvalue weighted by atomic mass is 32.3. The molecule has 7 heteroatoms. The molecule has 0 spiro atoms. The molecule has 1 atom stereocenters. The van der Waals surface area contributed by atoms with Crippen LogP contribution >= 0.6 is 0 Å². The third kappa shape index (κ3) is 32.9.